The maximum atomic E-state index is 14.0. The number of hydrogen-bond donors (Lipinski definition) is 3. The summed E-state index contributed by atoms with van der Waals surface area (Å²) in [6, 6.07) is 3.92. The number of halogens is 1. The first-order chi connectivity index (χ1) is 19.6. The van der Waals surface area contributed by atoms with Gasteiger partial charge in [-0.15, -0.1) is 0 Å². The predicted octanol–water partition coefficient (Wildman–Crippen LogP) is 3.40. The lowest BCUT2D eigenvalue weighted by atomic mass is 9.86. The number of carbonyl (C=O) groups is 2. The first kappa shape index (κ1) is 31.4. The molecule has 1 aromatic heterocycles. The number of rotatable bonds is 10. The van der Waals surface area contributed by atoms with Crippen LogP contribution in [0.4, 0.5) is 21.8 Å². The van der Waals surface area contributed by atoms with E-state index in [2.05, 4.69) is 37.8 Å². The largest absolute Gasteiger partial charge is 0.494 e. The first-order valence-corrected chi connectivity index (χ1v) is 13.7. The molecule has 10 nitrogen and oxygen atoms in total. The summed E-state index contributed by atoms with van der Waals surface area (Å²) in [4.78, 5) is 37.5. The number of ether oxygens (including phenoxy) is 1. The Kier molecular flexibility index (Phi) is 11.5. The number of nitrogens with zero attached hydrogens (tertiary/aromatic N) is 4. The number of anilines is 3. The molecule has 1 unspecified atom stereocenters. The van der Waals surface area contributed by atoms with Crippen molar-refractivity contribution >= 4 is 29.3 Å². The van der Waals surface area contributed by atoms with Crippen LogP contribution in [-0.2, 0) is 9.59 Å². The third kappa shape index (κ3) is 9.18. The fourth-order valence-electron chi connectivity index (χ4n) is 4.40. The van der Waals surface area contributed by atoms with Crippen LogP contribution in [0.5, 0.6) is 5.75 Å². The summed E-state index contributed by atoms with van der Waals surface area (Å²) in [5.41, 5.74) is 1.13. The van der Waals surface area contributed by atoms with Gasteiger partial charge in [0.25, 0.3) is 0 Å². The molecular weight excluding hydrogens is 525 g/mol. The maximum Gasteiger partial charge on any atom is 0.246 e. The van der Waals surface area contributed by atoms with E-state index in [1.54, 1.807) is 39.4 Å². The second-order valence-corrected chi connectivity index (χ2v) is 10.3. The number of benzene rings is 1. The summed E-state index contributed by atoms with van der Waals surface area (Å²) in [6.07, 6.45) is 8.38. The Hall–Kier alpha value is -4.17. The maximum absolute atomic E-state index is 14.0. The third-order valence-corrected chi connectivity index (χ3v) is 6.90. The minimum absolute atomic E-state index is 0.0118. The summed E-state index contributed by atoms with van der Waals surface area (Å²) in [6.45, 7) is 2.38. The van der Waals surface area contributed by atoms with Gasteiger partial charge in [-0.25, -0.2) is 9.37 Å². The molecule has 3 N–H and O–H groups in total. The van der Waals surface area contributed by atoms with E-state index in [1.165, 1.54) is 30.2 Å². The molecule has 3 rings (SSSR count). The Morgan fingerprint density at radius 2 is 2.05 bits per heavy atom. The minimum atomic E-state index is -0.588. The van der Waals surface area contributed by atoms with Gasteiger partial charge in [0, 0.05) is 50.4 Å². The number of likely N-dealkylation sites (N-methyl/N-ethyl adjacent to an activating group) is 2. The Labute approximate surface area is 241 Å². The topological polar surface area (TPSA) is 112 Å². The van der Waals surface area contributed by atoms with Crippen molar-refractivity contribution in [2.45, 2.75) is 44.7 Å². The lowest BCUT2D eigenvalue weighted by Crippen LogP contribution is -2.49. The van der Waals surface area contributed by atoms with E-state index >= 15 is 0 Å². The van der Waals surface area contributed by atoms with Gasteiger partial charge in [-0.05, 0) is 52.4 Å². The van der Waals surface area contributed by atoms with E-state index in [0.717, 1.165) is 25.7 Å². The molecule has 0 saturated heterocycles. The highest BCUT2D eigenvalue weighted by Gasteiger charge is 2.26. The molecule has 0 radical (unpaired) electrons. The van der Waals surface area contributed by atoms with Crippen LogP contribution in [0.2, 0.25) is 0 Å². The standard InChI is InChI=1S/C30H40FN7O3/c1-20(38(5)27(39)11-8-16-37(3)4)29(40)34-23-10-7-9-21(17-23)12-13-22-19-33-30(36-28(22)32-2)35-24-14-15-26(41-6)25(31)18-24/h8,11,14-15,18-21,23H,7,9-10,16-17H2,1-6H3,(H,34,40)(H2,32,33,35,36)/t20?,21-,23-/m0/s1. The smallest absolute Gasteiger partial charge is 0.246 e. The van der Waals surface area contributed by atoms with Crippen LogP contribution in [-0.4, -0.2) is 85.5 Å². The van der Waals surface area contributed by atoms with Gasteiger partial charge in [-0.2, -0.15) is 4.98 Å². The number of carbonyl (C=O) groups excluding carboxylic acids is 2. The zero-order chi connectivity index (χ0) is 29.9. The molecule has 1 saturated carbocycles. The van der Waals surface area contributed by atoms with Gasteiger partial charge in [-0.1, -0.05) is 24.3 Å². The van der Waals surface area contributed by atoms with Crippen LogP contribution in [0.25, 0.3) is 0 Å². The molecule has 2 aromatic rings. The molecule has 2 amide bonds. The van der Waals surface area contributed by atoms with E-state index in [4.69, 9.17) is 4.74 Å². The van der Waals surface area contributed by atoms with Crippen molar-refractivity contribution in [3.63, 3.8) is 0 Å². The minimum Gasteiger partial charge on any atom is -0.494 e. The molecule has 1 aliphatic rings. The molecule has 1 aliphatic carbocycles. The van der Waals surface area contributed by atoms with Crippen molar-refractivity contribution in [3.05, 3.63) is 47.9 Å². The molecule has 1 aromatic carbocycles. The predicted molar refractivity (Wildman–Crippen MR) is 159 cm³/mol. The van der Waals surface area contributed by atoms with Gasteiger partial charge in [0.2, 0.25) is 17.8 Å². The van der Waals surface area contributed by atoms with Crippen molar-refractivity contribution in [2.75, 3.05) is 52.5 Å². The summed E-state index contributed by atoms with van der Waals surface area (Å²) >= 11 is 0. The molecule has 41 heavy (non-hydrogen) atoms. The Balaban J connectivity index is 1.59. The Morgan fingerprint density at radius 3 is 2.73 bits per heavy atom. The highest BCUT2D eigenvalue weighted by atomic mass is 19.1. The second-order valence-electron chi connectivity index (χ2n) is 10.3. The number of amides is 2. The second kappa shape index (κ2) is 15.0. The molecular formula is C30H40FN7O3. The monoisotopic (exact) mass is 565 g/mol. The molecule has 1 fully saturated rings. The van der Waals surface area contributed by atoms with E-state index in [0.29, 0.717) is 29.6 Å². The highest BCUT2D eigenvalue weighted by molar-refractivity contribution is 5.92. The molecule has 1 heterocycles. The zero-order valence-corrected chi connectivity index (χ0v) is 24.6. The lowest BCUT2D eigenvalue weighted by molar-refractivity contribution is -0.135. The van der Waals surface area contributed by atoms with Crippen LogP contribution in [0, 0.1) is 23.6 Å². The summed E-state index contributed by atoms with van der Waals surface area (Å²) < 4.78 is 19.0. The van der Waals surface area contributed by atoms with Gasteiger partial charge in [0.15, 0.2) is 11.6 Å². The van der Waals surface area contributed by atoms with Crippen molar-refractivity contribution in [1.82, 2.24) is 25.1 Å². The van der Waals surface area contributed by atoms with Gasteiger partial charge >= 0.3 is 0 Å². The number of methoxy groups -OCH3 is 1. The fourth-order valence-corrected chi connectivity index (χ4v) is 4.40. The Morgan fingerprint density at radius 1 is 1.27 bits per heavy atom. The van der Waals surface area contributed by atoms with Crippen molar-refractivity contribution in [3.8, 4) is 17.6 Å². The first-order valence-electron chi connectivity index (χ1n) is 13.7. The van der Waals surface area contributed by atoms with Crippen molar-refractivity contribution in [1.29, 1.82) is 0 Å². The van der Waals surface area contributed by atoms with Gasteiger partial charge < -0.3 is 30.5 Å². The lowest BCUT2D eigenvalue weighted by Gasteiger charge is -2.30. The van der Waals surface area contributed by atoms with Crippen LogP contribution in [0.1, 0.15) is 38.2 Å². The quantitative estimate of drug-likeness (QED) is 0.297. The van der Waals surface area contributed by atoms with Crippen LogP contribution in [0.15, 0.2) is 36.5 Å². The molecule has 0 aliphatic heterocycles. The number of nitrogens with one attached hydrogen (secondary N) is 3. The summed E-state index contributed by atoms with van der Waals surface area (Å²) in [5, 5.41) is 9.14. The average Bonchev–Trinajstić information content (AvgIpc) is 2.95. The van der Waals surface area contributed by atoms with E-state index in [1.807, 2.05) is 19.0 Å². The Bertz CT molecular complexity index is 1300. The normalized spacial score (nSPS) is 17.4. The molecule has 0 spiro atoms. The van der Waals surface area contributed by atoms with Crippen LogP contribution >= 0.6 is 0 Å². The van der Waals surface area contributed by atoms with Crippen LogP contribution in [0.3, 0.4) is 0 Å². The average molecular weight is 566 g/mol. The number of aromatic nitrogens is 2. The van der Waals surface area contributed by atoms with E-state index in [-0.39, 0.29) is 29.5 Å². The molecule has 3 atom stereocenters. The SMILES string of the molecule is CNc1nc(Nc2ccc(OC)c(F)c2)ncc1C#C[C@@H]1CCC[C@H](NC(=O)C(C)N(C)C(=O)C=CCN(C)C)C1. The van der Waals surface area contributed by atoms with Gasteiger partial charge in [-0.3, -0.25) is 9.59 Å². The van der Waals surface area contributed by atoms with E-state index in [9.17, 15) is 14.0 Å². The van der Waals surface area contributed by atoms with Gasteiger partial charge in [0.1, 0.15) is 11.9 Å². The third-order valence-electron chi connectivity index (χ3n) is 6.90. The highest BCUT2D eigenvalue weighted by Crippen LogP contribution is 2.25. The number of hydrogen-bond acceptors (Lipinski definition) is 8. The van der Waals surface area contributed by atoms with Crippen molar-refractivity contribution in [2.24, 2.45) is 5.92 Å². The molecule has 11 heteroatoms. The van der Waals surface area contributed by atoms with Gasteiger partial charge in [0.05, 0.1) is 18.9 Å². The molecule has 0 bridgehead atoms. The fraction of sp³-hybridized carbons (Fsp3) is 0.467. The summed E-state index contributed by atoms with van der Waals surface area (Å²) in [7, 11) is 8.64. The van der Waals surface area contributed by atoms with Crippen LogP contribution < -0.4 is 20.7 Å². The molecule has 220 valence electrons. The van der Waals surface area contributed by atoms with Crippen molar-refractivity contribution < 1.29 is 18.7 Å². The summed E-state index contributed by atoms with van der Waals surface area (Å²) in [5.74, 6) is 6.75. The zero-order valence-electron chi connectivity index (χ0n) is 24.6. The van der Waals surface area contributed by atoms with E-state index < -0.39 is 11.9 Å².